The number of nitrogens with zero attached hydrogens (tertiary/aromatic N) is 1. The molecule has 0 aromatic heterocycles. The van der Waals surface area contributed by atoms with Gasteiger partial charge in [0.05, 0.1) is 0 Å². The molecule has 1 rings (SSSR count). The van der Waals surface area contributed by atoms with Gasteiger partial charge in [0.2, 0.25) is 0 Å². The Balaban J connectivity index is 2.15. The number of rotatable bonds is 9. The Hall–Kier alpha value is 0.01000. The van der Waals surface area contributed by atoms with E-state index in [2.05, 4.69) is 30.6 Å². The maximum absolute atomic E-state index is 3.75. The van der Waals surface area contributed by atoms with Crippen molar-refractivity contribution in [2.24, 2.45) is 5.92 Å². The first-order valence-corrected chi connectivity index (χ1v) is 8.57. The van der Waals surface area contributed by atoms with Crippen LogP contribution in [0.5, 0.6) is 0 Å². The van der Waals surface area contributed by atoms with Crippen molar-refractivity contribution in [2.75, 3.05) is 37.7 Å². The molecule has 18 heavy (non-hydrogen) atoms. The molecule has 0 spiro atoms. The van der Waals surface area contributed by atoms with E-state index in [9.17, 15) is 0 Å². The van der Waals surface area contributed by atoms with Gasteiger partial charge in [-0.05, 0) is 45.2 Å². The van der Waals surface area contributed by atoms with Gasteiger partial charge < -0.3 is 10.2 Å². The monoisotopic (exact) mass is 270 g/mol. The van der Waals surface area contributed by atoms with Crippen molar-refractivity contribution in [2.45, 2.75) is 39.2 Å². The highest BCUT2D eigenvalue weighted by molar-refractivity contribution is 7.99. The van der Waals surface area contributed by atoms with Crippen molar-refractivity contribution in [3.8, 4) is 0 Å². The molecule has 0 aromatic rings. The third-order valence-electron chi connectivity index (χ3n) is 3.74. The van der Waals surface area contributed by atoms with Gasteiger partial charge in [-0.2, -0.15) is 11.8 Å². The quantitative estimate of drug-likeness (QED) is 0.512. The average Bonchev–Trinajstić information content (AvgIpc) is 2.39. The lowest BCUT2D eigenvalue weighted by Crippen LogP contribution is -2.45. The Labute approximate surface area is 118 Å². The molecule has 1 heterocycles. The summed E-state index contributed by atoms with van der Waals surface area (Å²) in [4.78, 5) is 2.64. The van der Waals surface area contributed by atoms with Gasteiger partial charge in [0.1, 0.15) is 0 Å². The van der Waals surface area contributed by atoms with Gasteiger partial charge in [-0.3, -0.25) is 0 Å². The molecule has 2 nitrogen and oxygen atoms in total. The zero-order valence-corrected chi connectivity index (χ0v) is 13.0. The summed E-state index contributed by atoms with van der Waals surface area (Å²) in [7, 11) is 0. The lowest BCUT2D eigenvalue weighted by atomic mass is 9.91. The van der Waals surface area contributed by atoms with Crippen LogP contribution >= 0.6 is 11.8 Å². The molecular weight excluding hydrogens is 240 g/mol. The first kappa shape index (κ1) is 16.1. The third kappa shape index (κ3) is 6.26. The van der Waals surface area contributed by atoms with E-state index in [1.165, 1.54) is 44.6 Å². The largest absolute Gasteiger partial charge is 0.313 e. The molecule has 1 aliphatic heterocycles. The first-order chi connectivity index (χ1) is 8.77. The van der Waals surface area contributed by atoms with E-state index in [1.807, 2.05) is 17.8 Å². The third-order valence-corrected chi connectivity index (χ3v) is 4.70. The van der Waals surface area contributed by atoms with Crippen molar-refractivity contribution in [1.29, 1.82) is 0 Å². The second kappa shape index (κ2) is 9.88. The Morgan fingerprint density at radius 2 is 2.39 bits per heavy atom. The Morgan fingerprint density at radius 1 is 1.56 bits per heavy atom. The van der Waals surface area contributed by atoms with Crippen LogP contribution < -0.4 is 5.32 Å². The molecule has 3 heteroatoms. The van der Waals surface area contributed by atoms with E-state index < -0.39 is 0 Å². The van der Waals surface area contributed by atoms with Gasteiger partial charge >= 0.3 is 0 Å². The van der Waals surface area contributed by atoms with Gasteiger partial charge in [-0.15, -0.1) is 6.58 Å². The zero-order valence-electron chi connectivity index (χ0n) is 12.2. The molecule has 0 bridgehead atoms. The smallest absolute Gasteiger partial charge is 0.0111 e. The van der Waals surface area contributed by atoms with E-state index in [4.69, 9.17) is 0 Å². The zero-order chi connectivity index (χ0) is 13.2. The summed E-state index contributed by atoms with van der Waals surface area (Å²) >= 11 is 1.96. The van der Waals surface area contributed by atoms with Gasteiger partial charge in [-0.1, -0.05) is 13.0 Å². The van der Waals surface area contributed by atoms with Crippen LogP contribution in [0.15, 0.2) is 12.7 Å². The average molecular weight is 270 g/mol. The highest BCUT2D eigenvalue weighted by Gasteiger charge is 2.23. The van der Waals surface area contributed by atoms with E-state index >= 15 is 0 Å². The summed E-state index contributed by atoms with van der Waals surface area (Å²) < 4.78 is 0. The summed E-state index contributed by atoms with van der Waals surface area (Å²) in [5, 5.41) is 3.69. The Kier molecular flexibility index (Phi) is 8.82. The Morgan fingerprint density at radius 3 is 3.11 bits per heavy atom. The van der Waals surface area contributed by atoms with Crippen molar-refractivity contribution >= 4 is 11.8 Å². The van der Waals surface area contributed by atoms with E-state index in [1.54, 1.807) is 0 Å². The minimum Gasteiger partial charge on any atom is -0.313 e. The van der Waals surface area contributed by atoms with Crippen LogP contribution in [-0.2, 0) is 0 Å². The normalized spacial score (nSPS) is 22.9. The standard InChI is InChI=1S/C15H30N2S/c1-4-9-17-10-6-7-15(13-17)14(3)16-8-12-18-11-5-2/h5,14-16H,2,4,6-13H2,1,3H3. The maximum Gasteiger partial charge on any atom is 0.0111 e. The molecule has 1 aliphatic rings. The van der Waals surface area contributed by atoms with Gasteiger partial charge in [0, 0.05) is 30.6 Å². The van der Waals surface area contributed by atoms with Crippen molar-refractivity contribution in [3.05, 3.63) is 12.7 Å². The van der Waals surface area contributed by atoms with E-state index in [-0.39, 0.29) is 0 Å². The number of hydrogen-bond acceptors (Lipinski definition) is 3. The van der Waals surface area contributed by atoms with Crippen LogP contribution in [0.2, 0.25) is 0 Å². The Bertz CT molecular complexity index is 219. The van der Waals surface area contributed by atoms with Crippen LogP contribution in [0.1, 0.15) is 33.1 Å². The molecule has 0 aliphatic carbocycles. The van der Waals surface area contributed by atoms with Gasteiger partial charge in [0.25, 0.3) is 0 Å². The molecule has 0 radical (unpaired) electrons. The van der Waals surface area contributed by atoms with Crippen molar-refractivity contribution in [1.82, 2.24) is 10.2 Å². The van der Waals surface area contributed by atoms with Crippen molar-refractivity contribution in [3.63, 3.8) is 0 Å². The fraction of sp³-hybridized carbons (Fsp3) is 0.867. The number of hydrogen-bond donors (Lipinski definition) is 1. The lowest BCUT2D eigenvalue weighted by Gasteiger charge is -2.36. The molecular formula is C15H30N2S. The molecule has 1 saturated heterocycles. The topological polar surface area (TPSA) is 15.3 Å². The van der Waals surface area contributed by atoms with Crippen molar-refractivity contribution < 1.29 is 0 Å². The van der Waals surface area contributed by atoms with Crippen LogP contribution in [0.25, 0.3) is 0 Å². The predicted octanol–water partition coefficient (Wildman–Crippen LogP) is 3.01. The molecule has 0 amide bonds. The lowest BCUT2D eigenvalue weighted by molar-refractivity contribution is 0.152. The number of nitrogens with one attached hydrogen (secondary N) is 1. The molecule has 106 valence electrons. The molecule has 0 aromatic carbocycles. The summed E-state index contributed by atoms with van der Waals surface area (Å²) in [5.41, 5.74) is 0. The summed E-state index contributed by atoms with van der Waals surface area (Å²) in [6.45, 7) is 13.4. The second-order valence-corrected chi connectivity index (χ2v) is 6.46. The fourth-order valence-electron chi connectivity index (χ4n) is 2.71. The first-order valence-electron chi connectivity index (χ1n) is 7.42. The van der Waals surface area contributed by atoms with E-state index in [0.717, 1.165) is 18.2 Å². The van der Waals surface area contributed by atoms with Crippen LogP contribution in [0.3, 0.4) is 0 Å². The summed E-state index contributed by atoms with van der Waals surface area (Å²) in [6.07, 6.45) is 6.04. The fourth-order valence-corrected chi connectivity index (χ4v) is 3.31. The van der Waals surface area contributed by atoms with Gasteiger partial charge in [0.15, 0.2) is 0 Å². The number of likely N-dealkylation sites (tertiary alicyclic amines) is 1. The maximum atomic E-state index is 3.75. The molecule has 1 fully saturated rings. The minimum atomic E-state index is 0.661. The SMILES string of the molecule is C=CCSCCNC(C)C1CCCN(CCC)C1. The van der Waals surface area contributed by atoms with Crippen LogP contribution in [0, 0.1) is 5.92 Å². The molecule has 1 N–H and O–H groups in total. The second-order valence-electron chi connectivity index (χ2n) is 5.31. The summed E-state index contributed by atoms with van der Waals surface area (Å²) in [6, 6.07) is 0.661. The van der Waals surface area contributed by atoms with E-state index in [0.29, 0.717) is 6.04 Å². The van der Waals surface area contributed by atoms with Gasteiger partial charge in [-0.25, -0.2) is 0 Å². The number of piperidine rings is 1. The molecule has 0 saturated carbocycles. The van der Waals surface area contributed by atoms with Crippen LogP contribution in [0.4, 0.5) is 0 Å². The molecule has 2 atom stereocenters. The van der Waals surface area contributed by atoms with Crippen LogP contribution in [-0.4, -0.2) is 48.6 Å². The predicted molar refractivity (Wildman–Crippen MR) is 84.4 cm³/mol. The minimum absolute atomic E-state index is 0.661. The summed E-state index contributed by atoms with van der Waals surface area (Å²) in [5.74, 6) is 3.11. The highest BCUT2D eigenvalue weighted by Crippen LogP contribution is 2.19. The highest BCUT2D eigenvalue weighted by atomic mass is 32.2. The molecule has 2 unspecified atom stereocenters. The number of thioether (sulfide) groups is 1.